The summed E-state index contributed by atoms with van der Waals surface area (Å²) in [7, 11) is 1.67. The molecule has 0 aliphatic carbocycles. The van der Waals surface area contributed by atoms with Crippen molar-refractivity contribution in [3.05, 3.63) is 12.3 Å². The molecule has 1 aliphatic heterocycles. The van der Waals surface area contributed by atoms with Crippen molar-refractivity contribution in [3.63, 3.8) is 0 Å². The van der Waals surface area contributed by atoms with Gasteiger partial charge in [-0.3, -0.25) is 0 Å². The van der Waals surface area contributed by atoms with Gasteiger partial charge in [0.1, 0.15) is 0 Å². The van der Waals surface area contributed by atoms with E-state index in [4.69, 9.17) is 10.2 Å². The number of hydrazine groups is 1. The molecule has 0 unspecified atom stereocenters. The van der Waals surface area contributed by atoms with E-state index in [0.29, 0.717) is 0 Å². The second-order valence-corrected chi connectivity index (χ2v) is 1.76. The summed E-state index contributed by atoms with van der Waals surface area (Å²) in [4.78, 5) is 0. The van der Waals surface area contributed by atoms with Crippen LogP contribution in [0.1, 0.15) is 0 Å². The lowest BCUT2D eigenvalue weighted by atomic mass is 10.5. The first kappa shape index (κ1) is 5.55. The van der Waals surface area contributed by atoms with E-state index >= 15 is 0 Å². The van der Waals surface area contributed by atoms with Gasteiger partial charge < -0.3 is 15.2 Å². The van der Waals surface area contributed by atoms with Crippen LogP contribution in [0.3, 0.4) is 0 Å². The molecule has 0 saturated carbocycles. The molecule has 0 aromatic rings. The summed E-state index contributed by atoms with van der Waals surface area (Å²) in [6.45, 7) is 0. The Balaban J connectivity index is 2.58. The van der Waals surface area contributed by atoms with Crippen molar-refractivity contribution in [1.82, 2.24) is 10.4 Å². The molecule has 0 radical (unpaired) electrons. The van der Waals surface area contributed by atoms with Crippen LogP contribution in [0.4, 0.5) is 0 Å². The highest BCUT2D eigenvalue weighted by Crippen LogP contribution is 2.04. The normalized spacial score (nSPS) is 24.6. The van der Waals surface area contributed by atoms with E-state index in [2.05, 4.69) is 5.43 Å². The van der Waals surface area contributed by atoms with Crippen molar-refractivity contribution in [1.29, 1.82) is 0 Å². The van der Waals surface area contributed by atoms with Gasteiger partial charge in [0.25, 0.3) is 5.91 Å². The summed E-state index contributed by atoms with van der Waals surface area (Å²) in [6, 6.07) is 0. The summed E-state index contributed by atoms with van der Waals surface area (Å²) in [5.74, 6) is -1.84. The number of hydrogen-bond donors (Lipinski definition) is 3. The highest BCUT2D eigenvalue weighted by Gasteiger charge is 2.24. The van der Waals surface area contributed by atoms with E-state index in [1.54, 1.807) is 7.05 Å². The largest absolute Gasteiger partial charge is 0.349 e. The van der Waals surface area contributed by atoms with Crippen LogP contribution in [0, 0.1) is 0 Å². The molecule has 3 N–H and O–H groups in total. The first-order valence-corrected chi connectivity index (χ1v) is 2.25. The Morgan fingerprint density at radius 2 is 2.25 bits per heavy atom. The Labute approximate surface area is 47.0 Å². The first-order chi connectivity index (χ1) is 3.60. The maximum atomic E-state index is 8.68. The topological polar surface area (TPSA) is 55.7 Å². The maximum absolute atomic E-state index is 8.68. The van der Waals surface area contributed by atoms with Crippen LogP contribution in [-0.4, -0.2) is 28.2 Å². The van der Waals surface area contributed by atoms with E-state index < -0.39 is 5.91 Å². The zero-order chi connectivity index (χ0) is 6.20. The average Bonchev–Trinajstić information content (AvgIpc) is 1.82. The number of nitrogens with one attached hydrogen (secondary N) is 1. The average molecular weight is 116 g/mol. The monoisotopic (exact) mass is 116 g/mol. The van der Waals surface area contributed by atoms with Gasteiger partial charge in [-0.15, -0.1) is 0 Å². The van der Waals surface area contributed by atoms with Crippen molar-refractivity contribution in [2.45, 2.75) is 5.91 Å². The highest BCUT2D eigenvalue weighted by molar-refractivity contribution is 4.96. The van der Waals surface area contributed by atoms with E-state index in [-0.39, 0.29) is 0 Å². The van der Waals surface area contributed by atoms with Crippen molar-refractivity contribution >= 4 is 0 Å². The molecule has 0 spiro atoms. The minimum Gasteiger partial charge on any atom is -0.349 e. The molecule has 0 amide bonds. The molecule has 0 atom stereocenters. The Hall–Kier alpha value is -0.580. The number of aliphatic hydroxyl groups is 2. The molecule has 4 heteroatoms. The fraction of sp³-hybridized carbons (Fsp3) is 0.500. The quantitative estimate of drug-likeness (QED) is 0.340. The van der Waals surface area contributed by atoms with Crippen molar-refractivity contribution in [2.24, 2.45) is 0 Å². The fourth-order valence-electron chi connectivity index (χ4n) is 0.550. The third-order valence-electron chi connectivity index (χ3n) is 0.871. The molecule has 0 aromatic carbocycles. The minimum absolute atomic E-state index is 1.24. The lowest BCUT2D eigenvalue weighted by molar-refractivity contribution is -0.159. The fourth-order valence-corrected chi connectivity index (χ4v) is 0.550. The molecule has 4 nitrogen and oxygen atoms in total. The van der Waals surface area contributed by atoms with E-state index in [9.17, 15) is 0 Å². The molecule has 0 fully saturated rings. The van der Waals surface area contributed by atoms with Crippen LogP contribution in [0.5, 0.6) is 0 Å². The smallest absolute Gasteiger partial charge is 0.262 e. The van der Waals surface area contributed by atoms with E-state index in [1.807, 2.05) is 0 Å². The van der Waals surface area contributed by atoms with Gasteiger partial charge in [0, 0.05) is 19.3 Å². The Bertz CT molecular complexity index is 121. The summed E-state index contributed by atoms with van der Waals surface area (Å²) in [6.07, 6.45) is 2.77. The van der Waals surface area contributed by atoms with Crippen LogP contribution in [0.2, 0.25) is 0 Å². The summed E-state index contributed by atoms with van der Waals surface area (Å²) < 4.78 is 0. The SMILES string of the molecule is CN1C=CC(O)(O)N1. The van der Waals surface area contributed by atoms with Crippen LogP contribution in [-0.2, 0) is 0 Å². The van der Waals surface area contributed by atoms with E-state index in [1.165, 1.54) is 17.3 Å². The Kier molecular flexibility index (Phi) is 1.00. The zero-order valence-corrected chi connectivity index (χ0v) is 4.50. The van der Waals surface area contributed by atoms with Gasteiger partial charge in [-0.25, -0.2) is 0 Å². The molecule has 0 bridgehead atoms. The predicted molar refractivity (Wildman–Crippen MR) is 27.2 cm³/mol. The molecule has 0 saturated heterocycles. The van der Waals surface area contributed by atoms with Crippen LogP contribution >= 0.6 is 0 Å². The number of nitrogens with zero attached hydrogens (tertiary/aromatic N) is 1. The molecule has 1 rings (SSSR count). The third kappa shape index (κ3) is 0.975. The molecule has 46 valence electrons. The molecular formula is C4H8N2O2. The Morgan fingerprint density at radius 1 is 1.62 bits per heavy atom. The summed E-state index contributed by atoms with van der Waals surface area (Å²) in [5.41, 5.74) is 2.33. The van der Waals surface area contributed by atoms with Crippen LogP contribution < -0.4 is 5.43 Å². The third-order valence-corrected chi connectivity index (χ3v) is 0.871. The van der Waals surface area contributed by atoms with Crippen LogP contribution in [0.25, 0.3) is 0 Å². The van der Waals surface area contributed by atoms with Gasteiger partial charge in [0.15, 0.2) is 0 Å². The van der Waals surface area contributed by atoms with Gasteiger partial charge in [0.2, 0.25) is 0 Å². The number of rotatable bonds is 0. The molecule has 1 heterocycles. The van der Waals surface area contributed by atoms with Gasteiger partial charge in [-0.05, 0) is 0 Å². The van der Waals surface area contributed by atoms with E-state index in [0.717, 1.165) is 0 Å². The van der Waals surface area contributed by atoms with Gasteiger partial charge in [-0.2, -0.15) is 5.43 Å². The minimum atomic E-state index is -1.84. The molecule has 8 heavy (non-hydrogen) atoms. The van der Waals surface area contributed by atoms with Gasteiger partial charge in [-0.1, -0.05) is 0 Å². The lowest BCUT2D eigenvalue weighted by Crippen LogP contribution is -2.44. The summed E-state index contributed by atoms with van der Waals surface area (Å²) >= 11 is 0. The molecular weight excluding hydrogens is 108 g/mol. The second-order valence-electron chi connectivity index (χ2n) is 1.76. The lowest BCUT2D eigenvalue weighted by Gasteiger charge is -2.16. The van der Waals surface area contributed by atoms with Gasteiger partial charge in [0.05, 0.1) is 0 Å². The van der Waals surface area contributed by atoms with Crippen molar-refractivity contribution in [3.8, 4) is 0 Å². The van der Waals surface area contributed by atoms with Crippen LogP contribution in [0.15, 0.2) is 12.3 Å². The highest BCUT2D eigenvalue weighted by atomic mass is 16.5. The maximum Gasteiger partial charge on any atom is 0.262 e. The predicted octanol–water partition coefficient (Wildman–Crippen LogP) is -1.41. The van der Waals surface area contributed by atoms with Crippen molar-refractivity contribution in [2.75, 3.05) is 7.05 Å². The summed E-state index contributed by atoms with van der Waals surface area (Å²) in [5, 5.41) is 18.8. The Morgan fingerprint density at radius 3 is 2.38 bits per heavy atom. The first-order valence-electron chi connectivity index (χ1n) is 2.25. The number of hydrogen-bond acceptors (Lipinski definition) is 4. The molecule has 1 aliphatic rings. The zero-order valence-electron chi connectivity index (χ0n) is 4.50. The van der Waals surface area contributed by atoms with Crippen molar-refractivity contribution < 1.29 is 10.2 Å². The van der Waals surface area contributed by atoms with Gasteiger partial charge >= 0.3 is 0 Å². The standard InChI is InChI=1S/C4H8N2O2/c1-6-3-2-4(7,8)5-6/h2-3,5,7-8H,1H3. The second kappa shape index (κ2) is 1.45. The molecule has 0 aromatic heterocycles.